The van der Waals surface area contributed by atoms with Crippen molar-refractivity contribution in [1.29, 1.82) is 0 Å². The molecule has 0 N–H and O–H groups in total. The zero-order valence-electron chi connectivity index (χ0n) is 19.4. The molecule has 0 spiro atoms. The van der Waals surface area contributed by atoms with Crippen LogP contribution in [0.3, 0.4) is 0 Å². The van der Waals surface area contributed by atoms with Crippen molar-refractivity contribution >= 4 is 33.2 Å². The molecule has 0 saturated carbocycles. The van der Waals surface area contributed by atoms with Gasteiger partial charge < -0.3 is 18.9 Å². The minimum atomic E-state index is -3.07. The third kappa shape index (κ3) is 4.72. The Bertz CT molecular complexity index is 1250. The third-order valence-electron chi connectivity index (χ3n) is 6.53. The van der Waals surface area contributed by atoms with Gasteiger partial charge in [0, 0.05) is 47.7 Å². The molecule has 1 aromatic carbocycles. The van der Waals surface area contributed by atoms with Crippen molar-refractivity contribution in [3.63, 3.8) is 0 Å². The van der Waals surface area contributed by atoms with E-state index in [-0.39, 0.29) is 42.2 Å². The number of sulfone groups is 1. The van der Waals surface area contributed by atoms with Gasteiger partial charge in [-0.25, -0.2) is 8.42 Å². The van der Waals surface area contributed by atoms with E-state index in [0.29, 0.717) is 29.1 Å². The lowest BCUT2D eigenvalue weighted by atomic mass is 10.1. The molecule has 0 aliphatic carbocycles. The number of ether oxygens (including phenoxy) is 2. The first kappa shape index (κ1) is 24.0. The Morgan fingerprint density at radius 2 is 1.94 bits per heavy atom. The summed E-state index contributed by atoms with van der Waals surface area (Å²) in [6.45, 7) is 3.34. The van der Waals surface area contributed by atoms with Gasteiger partial charge in [0.15, 0.2) is 16.4 Å². The van der Waals surface area contributed by atoms with E-state index < -0.39 is 28.3 Å². The predicted octanol–water partition coefficient (Wildman–Crippen LogP) is 2.25. The summed E-state index contributed by atoms with van der Waals surface area (Å²) in [6, 6.07) is 8.54. The molecule has 2 aliphatic heterocycles. The van der Waals surface area contributed by atoms with Crippen molar-refractivity contribution < 1.29 is 32.3 Å². The maximum Gasteiger partial charge on any atom is 0.311 e. The first-order valence-electron chi connectivity index (χ1n) is 11.1. The average molecular weight is 489 g/mol. The molecule has 0 radical (unpaired) electrons. The molecule has 2 aliphatic rings. The van der Waals surface area contributed by atoms with Crippen LogP contribution < -0.4 is 9.64 Å². The molecule has 2 saturated heterocycles. The minimum absolute atomic E-state index is 0.00883. The molecule has 4 rings (SSSR count). The van der Waals surface area contributed by atoms with Gasteiger partial charge in [-0.2, -0.15) is 0 Å². The maximum atomic E-state index is 12.8. The quantitative estimate of drug-likeness (QED) is 0.434. The van der Waals surface area contributed by atoms with E-state index in [0.717, 1.165) is 5.69 Å². The molecule has 10 heteroatoms. The number of amides is 1. The van der Waals surface area contributed by atoms with Gasteiger partial charge in [0.05, 0.1) is 24.5 Å². The van der Waals surface area contributed by atoms with E-state index >= 15 is 0 Å². The Kier molecular flexibility index (Phi) is 6.53. The van der Waals surface area contributed by atoms with Crippen molar-refractivity contribution in [2.45, 2.75) is 32.7 Å². The molecule has 2 atom stereocenters. The van der Waals surface area contributed by atoms with E-state index in [1.165, 1.54) is 12.0 Å². The fourth-order valence-electron chi connectivity index (χ4n) is 4.83. The lowest BCUT2D eigenvalue weighted by Gasteiger charge is -2.17. The minimum Gasteiger partial charge on any atom is -0.497 e. The Hall–Kier alpha value is -3.14. The Labute approximate surface area is 198 Å². The largest absolute Gasteiger partial charge is 0.497 e. The average Bonchev–Trinajstić information content (AvgIpc) is 3.46. The lowest BCUT2D eigenvalue weighted by Crippen LogP contribution is -2.27. The van der Waals surface area contributed by atoms with Crippen LogP contribution in [-0.4, -0.2) is 62.4 Å². The highest BCUT2D eigenvalue weighted by atomic mass is 32.2. The third-order valence-corrected chi connectivity index (χ3v) is 8.28. The standard InChI is InChI=1S/C24H28N2O7S/c1-15-9-21(16(2)26(15)19-7-8-34(30,31)14-19)22(27)13-33-24(29)17-10-23(28)25(12-17)18-5-4-6-20(11-18)32-3/h4-6,9,11,17,19H,7-8,10,12-14H2,1-3H3. The number of hydrogen-bond donors (Lipinski definition) is 0. The van der Waals surface area contributed by atoms with Gasteiger partial charge in [-0.3, -0.25) is 14.4 Å². The van der Waals surface area contributed by atoms with Crippen LogP contribution in [0.2, 0.25) is 0 Å². The van der Waals surface area contributed by atoms with Crippen molar-refractivity contribution in [1.82, 2.24) is 4.57 Å². The van der Waals surface area contributed by atoms with Crippen molar-refractivity contribution in [2.75, 3.05) is 36.7 Å². The van der Waals surface area contributed by atoms with E-state index in [1.807, 2.05) is 11.5 Å². The zero-order chi connectivity index (χ0) is 24.6. The number of benzene rings is 1. The highest BCUT2D eigenvalue weighted by molar-refractivity contribution is 7.91. The van der Waals surface area contributed by atoms with Crippen LogP contribution in [0.15, 0.2) is 30.3 Å². The molecule has 0 bridgehead atoms. The molecule has 2 fully saturated rings. The maximum absolute atomic E-state index is 12.8. The monoisotopic (exact) mass is 488 g/mol. The van der Waals surface area contributed by atoms with Crippen molar-refractivity contribution in [3.8, 4) is 5.75 Å². The fraction of sp³-hybridized carbons (Fsp3) is 0.458. The number of aryl methyl sites for hydroxylation is 1. The van der Waals surface area contributed by atoms with Gasteiger partial charge in [-0.1, -0.05) is 6.07 Å². The van der Waals surface area contributed by atoms with Crippen LogP contribution in [0.5, 0.6) is 5.75 Å². The summed E-state index contributed by atoms with van der Waals surface area (Å²) in [4.78, 5) is 39.4. The normalized spacial score (nSPS) is 21.6. The number of anilines is 1. The zero-order valence-corrected chi connectivity index (χ0v) is 20.3. The summed E-state index contributed by atoms with van der Waals surface area (Å²) in [5.74, 6) is -1.01. The van der Waals surface area contributed by atoms with Crippen LogP contribution in [0.4, 0.5) is 5.69 Å². The van der Waals surface area contributed by atoms with Gasteiger partial charge in [-0.15, -0.1) is 0 Å². The summed E-state index contributed by atoms with van der Waals surface area (Å²) in [5.41, 5.74) is 2.51. The number of hydrogen-bond acceptors (Lipinski definition) is 7. The molecule has 1 amide bonds. The van der Waals surface area contributed by atoms with Crippen LogP contribution in [0.25, 0.3) is 0 Å². The van der Waals surface area contributed by atoms with Gasteiger partial charge in [0.1, 0.15) is 5.75 Å². The van der Waals surface area contributed by atoms with Crippen LogP contribution >= 0.6 is 0 Å². The summed E-state index contributed by atoms with van der Waals surface area (Å²) in [5, 5.41) is 0. The second-order valence-corrected chi connectivity index (χ2v) is 11.1. The van der Waals surface area contributed by atoms with E-state index in [9.17, 15) is 22.8 Å². The molecular weight excluding hydrogens is 460 g/mol. The second kappa shape index (κ2) is 9.25. The van der Waals surface area contributed by atoms with Gasteiger partial charge in [-0.05, 0) is 38.5 Å². The molecule has 9 nitrogen and oxygen atoms in total. The molecule has 182 valence electrons. The highest BCUT2D eigenvalue weighted by Crippen LogP contribution is 2.30. The van der Waals surface area contributed by atoms with Crippen molar-refractivity contribution in [3.05, 3.63) is 47.3 Å². The summed E-state index contributed by atoms with van der Waals surface area (Å²) in [6.07, 6.45) is 0.524. The highest BCUT2D eigenvalue weighted by Gasteiger charge is 2.37. The molecule has 1 aromatic heterocycles. The number of ketones is 1. The smallest absolute Gasteiger partial charge is 0.311 e. The molecule has 34 heavy (non-hydrogen) atoms. The first-order valence-corrected chi connectivity index (χ1v) is 12.9. The van der Waals surface area contributed by atoms with Gasteiger partial charge >= 0.3 is 5.97 Å². The number of methoxy groups -OCH3 is 1. The summed E-state index contributed by atoms with van der Waals surface area (Å²) >= 11 is 0. The molecule has 2 aromatic rings. The number of nitrogens with zero attached hydrogens (tertiary/aromatic N) is 2. The Morgan fingerprint density at radius 1 is 1.18 bits per heavy atom. The number of carbonyl (C=O) groups excluding carboxylic acids is 3. The predicted molar refractivity (Wildman–Crippen MR) is 125 cm³/mol. The lowest BCUT2D eigenvalue weighted by molar-refractivity contribution is -0.147. The topological polar surface area (TPSA) is 112 Å². The van der Waals surface area contributed by atoms with E-state index in [4.69, 9.17) is 9.47 Å². The molecule has 2 unspecified atom stereocenters. The van der Waals surface area contributed by atoms with Crippen LogP contribution in [0.1, 0.15) is 40.6 Å². The SMILES string of the molecule is COc1cccc(N2CC(C(=O)OCC(=O)c3cc(C)n(C4CCS(=O)(=O)C4)c3C)CC2=O)c1. The Morgan fingerprint density at radius 3 is 2.62 bits per heavy atom. The second-order valence-electron chi connectivity index (χ2n) is 8.85. The van der Waals surface area contributed by atoms with Gasteiger partial charge in [0.2, 0.25) is 11.7 Å². The number of esters is 1. The first-order chi connectivity index (χ1) is 16.1. The fourth-order valence-corrected chi connectivity index (χ4v) is 6.53. The van der Waals surface area contributed by atoms with E-state index in [2.05, 4.69) is 0 Å². The summed E-state index contributed by atoms with van der Waals surface area (Å²) < 4.78 is 36.1. The van der Waals surface area contributed by atoms with E-state index in [1.54, 1.807) is 37.3 Å². The summed E-state index contributed by atoms with van der Waals surface area (Å²) in [7, 11) is -1.53. The number of carbonyl (C=O) groups is 3. The van der Waals surface area contributed by atoms with Gasteiger partial charge in [0.25, 0.3) is 0 Å². The van der Waals surface area contributed by atoms with Crippen LogP contribution in [-0.2, 0) is 24.2 Å². The number of aromatic nitrogens is 1. The van der Waals surface area contributed by atoms with Crippen molar-refractivity contribution in [2.24, 2.45) is 5.92 Å². The molecule has 3 heterocycles. The number of Topliss-reactive ketones (excluding diaryl/α,β-unsaturated/α-hetero) is 1. The Balaban J connectivity index is 1.38. The molecular formula is C24H28N2O7S. The van der Waals surface area contributed by atoms with Crippen LogP contribution in [0, 0.1) is 19.8 Å². The number of rotatable bonds is 7.